The molecule has 70 valence electrons. The van der Waals surface area contributed by atoms with E-state index in [-0.39, 0.29) is 5.41 Å². The molecule has 0 saturated carbocycles. The van der Waals surface area contributed by atoms with Crippen LogP contribution in [0.2, 0.25) is 0 Å². The van der Waals surface area contributed by atoms with E-state index in [0.29, 0.717) is 5.78 Å². The molecule has 1 unspecified atom stereocenters. The fraction of sp³-hybridized carbons (Fsp3) is 0.250. The first-order valence-corrected chi connectivity index (χ1v) is 5.79. The molecule has 1 heterocycles. The zero-order chi connectivity index (χ0) is 9.60. The quantitative estimate of drug-likeness (QED) is 0.643. The summed E-state index contributed by atoms with van der Waals surface area (Å²) in [4.78, 5) is 12.2. The minimum Gasteiger partial charge on any atom is -0.293 e. The van der Waals surface area contributed by atoms with Gasteiger partial charge in [-0.1, -0.05) is 30.3 Å². The van der Waals surface area contributed by atoms with E-state index < -0.39 is 0 Å². The summed E-state index contributed by atoms with van der Waals surface area (Å²) in [7, 11) is 0. The summed E-state index contributed by atoms with van der Waals surface area (Å²) >= 11 is 1.74. The molecular weight excluding hydrogens is 192 g/mol. The van der Waals surface area contributed by atoms with Crippen LogP contribution in [0.4, 0.5) is 0 Å². The standard InChI is InChI=1S/C12H10OS/c13-11-10-4-2-1-3-9(10)7-12(11)5-6-14-8-12/h1-6H,7-8H2. The van der Waals surface area contributed by atoms with E-state index in [0.717, 1.165) is 17.7 Å². The highest BCUT2D eigenvalue weighted by molar-refractivity contribution is 8.02. The lowest BCUT2D eigenvalue weighted by Crippen LogP contribution is -2.25. The number of fused-ring (bicyclic) bond motifs is 1. The predicted octanol–water partition coefficient (Wildman–Crippen LogP) is 2.67. The summed E-state index contributed by atoms with van der Waals surface area (Å²) in [5.74, 6) is 1.23. The van der Waals surface area contributed by atoms with Crippen LogP contribution in [-0.4, -0.2) is 11.5 Å². The normalized spacial score (nSPS) is 28.7. The molecular formula is C12H10OS. The second-order valence-corrected chi connectivity index (χ2v) is 4.83. The third-order valence-corrected chi connectivity index (χ3v) is 4.05. The summed E-state index contributed by atoms with van der Waals surface area (Å²) in [5, 5.41) is 2.06. The summed E-state index contributed by atoms with van der Waals surface area (Å²) in [6, 6.07) is 7.97. The Morgan fingerprint density at radius 1 is 1.29 bits per heavy atom. The number of rotatable bonds is 0. The number of carbonyl (C=O) groups is 1. The zero-order valence-corrected chi connectivity index (χ0v) is 8.51. The third kappa shape index (κ3) is 0.947. The van der Waals surface area contributed by atoms with E-state index in [1.807, 2.05) is 18.2 Å². The number of ketones is 1. The van der Waals surface area contributed by atoms with Crippen LogP contribution < -0.4 is 0 Å². The van der Waals surface area contributed by atoms with Gasteiger partial charge in [0.05, 0.1) is 5.41 Å². The molecule has 0 saturated heterocycles. The van der Waals surface area contributed by atoms with Crippen molar-refractivity contribution in [2.75, 3.05) is 5.75 Å². The van der Waals surface area contributed by atoms with Gasteiger partial charge in [0.1, 0.15) is 0 Å². The van der Waals surface area contributed by atoms with Crippen LogP contribution in [0.1, 0.15) is 15.9 Å². The van der Waals surface area contributed by atoms with E-state index in [1.54, 1.807) is 11.8 Å². The zero-order valence-electron chi connectivity index (χ0n) is 7.69. The molecule has 0 fully saturated rings. The van der Waals surface area contributed by atoms with Crippen molar-refractivity contribution in [1.82, 2.24) is 0 Å². The smallest absolute Gasteiger partial charge is 0.174 e. The monoisotopic (exact) mass is 202 g/mol. The molecule has 2 aliphatic rings. The second kappa shape index (κ2) is 2.74. The van der Waals surface area contributed by atoms with E-state index in [1.165, 1.54) is 5.56 Å². The Labute approximate surface area is 87.2 Å². The van der Waals surface area contributed by atoms with Gasteiger partial charge in [-0.15, -0.1) is 11.8 Å². The Morgan fingerprint density at radius 3 is 2.86 bits per heavy atom. The van der Waals surface area contributed by atoms with Crippen molar-refractivity contribution in [2.24, 2.45) is 5.41 Å². The van der Waals surface area contributed by atoms with Crippen molar-refractivity contribution in [2.45, 2.75) is 6.42 Å². The maximum atomic E-state index is 12.2. The molecule has 2 heteroatoms. The number of carbonyl (C=O) groups excluding carboxylic acids is 1. The lowest BCUT2D eigenvalue weighted by atomic mass is 9.86. The van der Waals surface area contributed by atoms with Gasteiger partial charge in [-0.25, -0.2) is 0 Å². The van der Waals surface area contributed by atoms with Gasteiger partial charge in [-0.3, -0.25) is 4.79 Å². The molecule has 0 N–H and O–H groups in total. The van der Waals surface area contributed by atoms with E-state index >= 15 is 0 Å². The summed E-state index contributed by atoms with van der Waals surface area (Å²) in [6.45, 7) is 0. The van der Waals surface area contributed by atoms with Gasteiger partial charge in [0.25, 0.3) is 0 Å². The average molecular weight is 202 g/mol. The SMILES string of the molecule is O=C1c2ccccc2CC12C=CSC2. The van der Waals surface area contributed by atoms with Crippen LogP contribution in [0.15, 0.2) is 35.7 Å². The summed E-state index contributed by atoms with van der Waals surface area (Å²) in [5.41, 5.74) is 1.94. The van der Waals surface area contributed by atoms with Crippen molar-refractivity contribution in [1.29, 1.82) is 0 Å². The van der Waals surface area contributed by atoms with Crippen molar-refractivity contribution in [3.05, 3.63) is 46.9 Å². The van der Waals surface area contributed by atoms with Crippen LogP contribution >= 0.6 is 11.8 Å². The van der Waals surface area contributed by atoms with Crippen molar-refractivity contribution in [3.63, 3.8) is 0 Å². The van der Waals surface area contributed by atoms with Crippen LogP contribution in [0.25, 0.3) is 0 Å². The Bertz CT molecular complexity index is 436. The Morgan fingerprint density at radius 2 is 2.14 bits per heavy atom. The number of hydrogen-bond donors (Lipinski definition) is 0. The number of benzene rings is 1. The molecule has 1 aromatic rings. The van der Waals surface area contributed by atoms with Gasteiger partial charge in [0.2, 0.25) is 0 Å². The Hall–Kier alpha value is -1.02. The van der Waals surface area contributed by atoms with Gasteiger partial charge in [-0.05, 0) is 17.4 Å². The minimum atomic E-state index is -0.200. The van der Waals surface area contributed by atoms with Gasteiger partial charge in [-0.2, -0.15) is 0 Å². The Balaban J connectivity index is 2.13. The average Bonchev–Trinajstić information content (AvgIpc) is 2.77. The fourth-order valence-corrected chi connectivity index (χ4v) is 3.34. The molecule has 1 spiro atoms. The molecule has 1 atom stereocenters. The molecule has 0 bridgehead atoms. The molecule has 0 radical (unpaired) electrons. The first-order valence-electron chi connectivity index (χ1n) is 4.74. The highest BCUT2D eigenvalue weighted by Crippen LogP contribution is 2.44. The molecule has 1 aliphatic carbocycles. The number of hydrogen-bond acceptors (Lipinski definition) is 2. The van der Waals surface area contributed by atoms with Gasteiger partial charge >= 0.3 is 0 Å². The molecule has 0 aromatic heterocycles. The topological polar surface area (TPSA) is 17.1 Å². The lowest BCUT2D eigenvalue weighted by molar-refractivity contribution is 0.0897. The van der Waals surface area contributed by atoms with Crippen LogP contribution in [0.3, 0.4) is 0 Å². The van der Waals surface area contributed by atoms with E-state index in [2.05, 4.69) is 17.6 Å². The molecule has 0 amide bonds. The van der Waals surface area contributed by atoms with E-state index in [9.17, 15) is 4.79 Å². The minimum absolute atomic E-state index is 0.200. The molecule has 1 aliphatic heterocycles. The van der Waals surface area contributed by atoms with Crippen molar-refractivity contribution < 1.29 is 4.79 Å². The van der Waals surface area contributed by atoms with E-state index in [4.69, 9.17) is 0 Å². The van der Waals surface area contributed by atoms with Gasteiger partial charge in [0, 0.05) is 11.3 Å². The lowest BCUT2D eigenvalue weighted by Gasteiger charge is -2.16. The fourth-order valence-electron chi connectivity index (χ4n) is 2.26. The number of Topliss-reactive ketones (excluding diaryl/α,β-unsaturated/α-hetero) is 1. The largest absolute Gasteiger partial charge is 0.293 e. The number of allylic oxidation sites excluding steroid dienone is 1. The highest BCUT2D eigenvalue weighted by Gasteiger charge is 2.44. The first-order chi connectivity index (χ1) is 6.82. The van der Waals surface area contributed by atoms with Crippen LogP contribution in [-0.2, 0) is 6.42 Å². The first kappa shape index (κ1) is 8.30. The number of thioether (sulfide) groups is 1. The van der Waals surface area contributed by atoms with Gasteiger partial charge < -0.3 is 0 Å². The van der Waals surface area contributed by atoms with Crippen LogP contribution in [0.5, 0.6) is 0 Å². The molecule has 1 aromatic carbocycles. The predicted molar refractivity (Wildman–Crippen MR) is 58.5 cm³/mol. The third-order valence-electron chi connectivity index (χ3n) is 3.04. The maximum Gasteiger partial charge on any atom is 0.174 e. The molecule has 3 rings (SSSR count). The molecule has 14 heavy (non-hydrogen) atoms. The maximum absolute atomic E-state index is 12.2. The second-order valence-electron chi connectivity index (χ2n) is 3.93. The molecule has 1 nitrogen and oxygen atoms in total. The van der Waals surface area contributed by atoms with Crippen molar-refractivity contribution >= 4 is 17.5 Å². The summed E-state index contributed by atoms with van der Waals surface area (Å²) < 4.78 is 0. The van der Waals surface area contributed by atoms with Gasteiger partial charge in [0.15, 0.2) is 5.78 Å². The highest BCUT2D eigenvalue weighted by atomic mass is 32.2. The Kier molecular flexibility index (Phi) is 1.62. The van der Waals surface area contributed by atoms with Crippen LogP contribution in [0, 0.1) is 5.41 Å². The summed E-state index contributed by atoms with van der Waals surface area (Å²) in [6.07, 6.45) is 2.98. The van der Waals surface area contributed by atoms with Crippen molar-refractivity contribution in [3.8, 4) is 0 Å².